The van der Waals surface area contributed by atoms with Crippen LogP contribution in [0.5, 0.6) is 0 Å². The second kappa shape index (κ2) is 5.47. The smallest absolute Gasteiger partial charge is 0.0133 e. The first-order valence-electron chi connectivity index (χ1n) is 3.56. The predicted molar refractivity (Wildman–Crippen MR) is 50.9 cm³/mol. The molecule has 0 aromatic rings. The van der Waals surface area contributed by atoms with Gasteiger partial charge < -0.3 is 5.73 Å². The summed E-state index contributed by atoms with van der Waals surface area (Å²) in [5.74, 6) is 0.792. The van der Waals surface area contributed by atoms with E-state index < -0.39 is 0 Å². The molecule has 0 aliphatic rings. The van der Waals surface area contributed by atoms with Crippen LogP contribution in [0.2, 0.25) is 0 Å². The number of hydrogen-bond donors (Lipinski definition) is 1. The van der Waals surface area contributed by atoms with E-state index in [0.717, 1.165) is 16.4 Å². The molecular formula is C7H16IN. The highest BCUT2D eigenvalue weighted by Gasteiger charge is 2.09. The monoisotopic (exact) mass is 241 g/mol. The van der Waals surface area contributed by atoms with Gasteiger partial charge in [0.1, 0.15) is 0 Å². The van der Waals surface area contributed by atoms with Crippen LogP contribution >= 0.6 is 22.6 Å². The van der Waals surface area contributed by atoms with Crippen molar-refractivity contribution in [1.29, 1.82) is 0 Å². The average Bonchev–Trinajstić information content (AvgIpc) is 1.87. The van der Waals surface area contributed by atoms with Crippen molar-refractivity contribution in [3.63, 3.8) is 0 Å². The third kappa shape index (κ3) is 4.14. The molecule has 0 heterocycles. The minimum absolute atomic E-state index is 0.792. The summed E-state index contributed by atoms with van der Waals surface area (Å²) in [5, 5.41) is 0. The van der Waals surface area contributed by atoms with Gasteiger partial charge in [-0.1, -0.05) is 36.4 Å². The largest absolute Gasteiger partial charge is 0.330 e. The number of rotatable bonds is 4. The van der Waals surface area contributed by atoms with Crippen LogP contribution in [0.3, 0.4) is 0 Å². The first-order chi connectivity index (χ1) is 4.22. The molecule has 2 N–H and O–H groups in total. The van der Waals surface area contributed by atoms with Gasteiger partial charge >= 0.3 is 0 Å². The normalized spacial score (nSPS) is 17.3. The highest BCUT2D eigenvalue weighted by Crippen LogP contribution is 2.18. The summed E-state index contributed by atoms with van der Waals surface area (Å²) in [5.41, 5.74) is 5.42. The molecule has 0 spiro atoms. The molecule has 9 heavy (non-hydrogen) atoms. The van der Waals surface area contributed by atoms with Gasteiger partial charge in [-0.3, -0.25) is 0 Å². The molecule has 0 saturated heterocycles. The molecule has 0 fully saturated rings. The van der Waals surface area contributed by atoms with E-state index in [1.165, 1.54) is 12.8 Å². The Morgan fingerprint density at radius 2 is 2.11 bits per heavy atom. The van der Waals surface area contributed by atoms with Gasteiger partial charge in [0.05, 0.1) is 0 Å². The molecule has 1 nitrogen and oxygen atoms in total. The van der Waals surface area contributed by atoms with Crippen molar-refractivity contribution in [2.75, 3.05) is 6.54 Å². The Balaban J connectivity index is 3.32. The Morgan fingerprint density at radius 3 is 2.44 bits per heavy atom. The summed E-state index contributed by atoms with van der Waals surface area (Å²) in [6.45, 7) is 5.33. The van der Waals surface area contributed by atoms with Gasteiger partial charge in [0.15, 0.2) is 0 Å². The summed E-state index contributed by atoms with van der Waals surface area (Å²) in [6.07, 6.45) is 2.43. The molecule has 2 unspecified atom stereocenters. The summed E-state index contributed by atoms with van der Waals surface area (Å²) in [6, 6.07) is 0. The van der Waals surface area contributed by atoms with Crippen LogP contribution in [0.4, 0.5) is 0 Å². The Kier molecular flexibility index (Phi) is 5.89. The quantitative estimate of drug-likeness (QED) is 0.592. The average molecular weight is 241 g/mol. The maximum Gasteiger partial charge on any atom is 0.0133 e. The molecule has 0 aliphatic carbocycles. The topological polar surface area (TPSA) is 26.0 Å². The van der Waals surface area contributed by atoms with Crippen molar-refractivity contribution in [2.24, 2.45) is 11.7 Å². The molecule has 0 saturated carbocycles. The van der Waals surface area contributed by atoms with Crippen molar-refractivity contribution >= 4 is 22.6 Å². The lowest BCUT2D eigenvalue weighted by Gasteiger charge is -2.14. The standard InChI is InChI=1S/C7H16IN/c1-3-7(8)6(2)4-5-9/h6-7H,3-5,9H2,1-2H3. The molecule has 0 bridgehead atoms. The Labute approximate surface area is 71.5 Å². The van der Waals surface area contributed by atoms with E-state index in [-0.39, 0.29) is 0 Å². The molecule has 0 rings (SSSR count). The molecule has 0 aromatic carbocycles. The first-order valence-corrected chi connectivity index (χ1v) is 4.81. The van der Waals surface area contributed by atoms with Gasteiger partial charge in [-0.15, -0.1) is 0 Å². The summed E-state index contributed by atoms with van der Waals surface area (Å²) in [4.78, 5) is 0. The Morgan fingerprint density at radius 1 is 1.56 bits per heavy atom. The Bertz CT molecular complexity index is 65.9. The molecule has 2 heteroatoms. The van der Waals surface area contributed by atoms with Crippen LogP contribution in [0, 0.1) is 5.92 Å². The van der Waals surface area contributed by atoms with E-state index in [1.807, 2.05) is 0 Å². The third-order valence-electron chi connectivity index (χ3n) is 1.63. The van der Waals surface area contributed by atoms with Crippen LogP contribution < -0.4 is 5.73 Å². The van der Waals surface area contributed by atoms with E-state index >= 15 is 0 Å². The first kappa shape index (κ1) is 9.69. The van der Waals surface area contributed by atoms with E-state index in [9.17, 15) is 0 Å². The van der Waals surface area contributed by atoms with Crippen LogP contribution in [-0.2, 0) is 0 Å². The fraction of sp³-hybridized carbons (Fsp3) is 1.00. The zero-order valence-corrected chi connectivity index (χ0v) is 8.39. The fourth-order valence-electron chi connectivity index (χ4n) is 0.846. The molecule has 0 radical (unpaired) electrons. The molecule has 56 valence electrons. The molecule has 0 aliphatic heterocycles. The van der Waals surface area contributed by atoms with Crippen molar-refractivity contribution in [1.82, 2.24) is 0 Å². The predicted octanol–water partition coefficient (Wildman–Crippen LogP) is 2.18. The molecule has 0 aromatic heterocycles. The van der Waals surface area contributed by atoms with Crippen LogP contribution in [0.15, 0.2) is 0 Å². The highest BCUT2D eigenvalue weighted by molar-refractivity contribution is 14.1. The van der Waals surface area contributed by atoms with Gasteiger partial charge in [-0.25, -0.2) is 0 Å². The molecule has 2 atom stereocenters. The molecule has 0 amide bonds. The van der Waals surface area contributed by atoms with Crippen molar-refractivity contribution in [2.45, 2.75) is 30.6 Å². The number of halogens is 1. The van der Waals surface area contributed by atoms with Crippen LogP contribution in [0.1, 0.15) is 26.7 Å². The minimum Gasteiger partial charge on any atom is -0.330 e. The third-order valence-corrected chi connectivity index (χ3v) is 3.74. The maximum atomic E-state index is 5.42. The lowest BCUT2D eigenvalue weighted by Crippen LogP contribution is -2.14. The highest BCUT2D eigenvalue weighted by atomic mass is 127. The zero-order chi connectivity index (χ0) is 7.28. The Hall–Kier alpha value is 0.690. The zero-order valence-electron chi connectivity index (χ0n) is 6.23. The number of alkyl halides is 1. The fourth-order valence-corrected chi connectivity index (χ4v) is 1.21. The maximum absolute atomic E-state index is 5.42. The number of hydrogen-bond acceptors (Lipinski definition) is 1. The van der Waals surface area contributed by atoms with E-state index in [0.29, 0.717) is 0 Å². The van der Waals surface area contributed by atoms with Gasteiger partial charge in [-0.05, 0) is 25.3 Å². The van der Waals surface area contributed by atoms with Crippen molar-refractivity contribution in [3.8, 4) is 0 Å². The van der Waals surface area contributed by atoms with Gasteiger partial charge in [-0.2, -0.15) is 0 Å². The van der Waals surface area contributed by atoms with E-state index in [1.54, 1.807) is 0 Å². The van der Waals surface area contributed by atoms with Gasteiger partial charge in [0.25, 0.3) is 0 Å². The van der Waals surface area contributed by atoms with Gasteiger partial charge in [0, 0.05) is 3.92 Å². The lowest BCUT2D eigenvalue weighted by molar-refractivity contribution is 0.521. The van der Waals surface area contributed by atoms with Gasteiger partial charge in [0.2, 0.25) is 0 Å². The van der Waals surface area contributed by atoms with E-state index in [2.05, 4.69) is 36.4 Å². The van der Waals surface area contributed by atoms with Crippen molar-refractivity contribution < 1.29 is 0 Å². The number of nitrogens with two attached hydrogens (primary N) is 1. The SMILES string of the molecule is CCC(I)C(C)CCN. The molecular weight excluding hydrogens is 225 g/mol. The summed E-state index contributed by atoms with van der Waals surface area (Å²) < 4.78 is 0.811. The lowest BCUT2D eigenvalue weighted by atomic mass is 10.0. The minimum atomic E-state index is 0.792. The van der Waals surface area contributed by atoms with Crippen LogP contribution in [-0.4, -0.2) is 10.5 Å². The van der Waals surface area contributed by atoms with Crippen LogP contribution in [0.25, 0.3) is 0 Å². The summed E-state index contributed by atoms with van der Waals surface area (Å²) in [7, 11) is 0. The second-order valence-corrected chi connectivity index (χ2v) is 4.08. The van der Waals surface area contributed by atoms with Crippen molar-refractivity contribution in [3.05, 3.63) is 0 Å². The second-order valence-electron chi connectivity index (χ2n) is 2.48. The summed E-state index contributed by atoms with van der Waals surface area (Å²) >= 11 is 2.50. The van der Waals surface area contributed by atoms with E-state index in [4.69, 9.17) is 5.73 Å².